The van der Waals surface area contributed by atoms with Gasteiger partial charge in [-0.05, 0) is 56.7 Å². The Bertz CT molecular complexity index is 523. The van der Waals surface area contributed by atoms with Crippen LogP contribution in [0.2, 0.25) is 0 Å². The van der Waals surface area contributed by atoms with Crippen LogP contribution in [0.25, 0.3) is 0 Å². The molecule has 0 saturated carbocycles. The highest BCUT2D eigenvalue weighted by Crippen LogP contribution is 2.26. The molecule has 20 heavy (non-hydrogen) atoms. The fourth-order valence-electron chi connectivity index (χ4n) is 2.44. The van der Waals surface area contributed by atoms with Crippen LogP contribution in [0.15, 0.2) is 41.8 Å². The molecule has 1 nitrogen and oxygen atoms in total. The third-order valence-corrected chi connectivity index (χ3v) is 4.43. The van der Waals surface area contributed by atoms with Crippen molar-refractivity contribution >= 4 is 11.3 Å². The fourth-order valence-corrected chi connectivity index (χ4v) is 3.22. The molecule has 1 aromatic carbocycles. The summed E-state index contributed by atoms with van der Waals surface area (Å²) in [5, 5.41) is 5.83. The van der Waals surface area contributed by atoms with E-state index in [1.54, 1.807) is 0 Å². The smallest absolute Gasteiger partial charge is 0.00967 e. The van der Waals surface area contributed by atoms with Gasteiger partial charge in [0.15, 0.2) is 0 Å². The van der Waals surface area contributed by atoms with Gasteiger partial charge in [0.05, 0.1) is 0 Å². The molecular formula is C18H25NS. The van der Waals surface area contributed by atoms with Crippen molar-refractivity contribution in [3.8, 4) is 0 Å². The second-order valence-corrected chi connectivity index (χ2v) is 7.50. The second kappa shape index (κ2) is 6.55. The van der Waals surface area contributed by atoms with Crippen LogP contribution in [0.5, 0.6) is 0 Å². The molecule has 0 aliphatic carbocycles. The molecule has 0 bridgehead atoms. The van der Waals surface area contributed by atoms with Crippen LogP contribution in [0.4, 0.5) is 0 Å². The number of benzene rings is 1. The molecule has 1 aromatic heterocycles. The summed E-state index contributed by atoms with van der Waals surface area (Å²) in [4.78, 5) is 1.47. The van der Waals surface area contributed by atoms with E-state index in [0.717, 1.165) is 13.0 Å². The van der Waals surface area contributed by atoms with E-state index in [4.69, 9.17) is 0 Å². The van der Waals surface area contributed by atoms with Gasteiger partial charge in [-0.2, -0.15) is 0 Å². The van der Waals surface area contributed by atoms with E-state index in [0.29, 0.717) is 5.92 Å². The Labute approximate surface area is 127 Å². The van der Waals surface area contributed by atoms with E-state index in [2.05, 4.69) is 74.8 Å². The summed E-state index contributed by atoms with van der Waals surface area (Å²) in [5.74, 6) is 0.536. The van der Waals surface area contributed by atoms with Crippen LogP contribution >= 0.6 is 11.3 Å². The standard InChI is InChI=1S/C18H25NS/c1-14-8-5-6-10-17(14)15(13-19-18(2,3)4)12-16-9-7-11-20-16/h5-11,15,19H,12-13H2,1-4H3. The number of aryl methyl sites for hydroxylation is 1. The highest BCUT2D eigenvalue weighted by Gasteiger charge is 2.18. The molecule has 0 saturated heterocycles. The predicted octanol–water partition coefficient (Wildman–Crippen LogP) is 4.77. The minimum atomic E-state index is 0.163. The Morgan fingerprint density at radius 1 is 1.10 bits per heavy atom. The lowest BCUT2D eigenvalue weighted by Gasteiger charge is -2.26. The van der Waals surface area contributed by atoms with Crippen LogP contribution in [-0.4, -0.2) is 12.1 Å². The largest absolute Gasteiger partial charge is 0.311 e. The maximum absolute atomic E-state index is 3.66. The van der Waals surface area contributed by atoms with E-state index in [1.807, 2.05) is 11.3 Å². The number of hydrogen-bond acceptors (Lipinski definition) is 2. The fraction of sp³-hybridized carbons (Fsp3) is 0.444. The molecule has 1 atom stereocenters. The highest BCUT2D eigenvalue weighted by molar-refractivity contribution is 7.09. The Balaban J connectivity index is 2.17. The maximum atomic E-state index is 3.66. The third kappa shape index (κ3) is 4.46. The highest BCUT2D eigenvalue weighted by atomic mass is 32.1. The molecule has 2 aromatic rings. The van der Waals surface area contributed by atoms with Crippen molar-refractivity contribution in [2.45, 2.75) is 45.6 Å². The van der Waals surface area contributed by atoms with Gasteiger partial charge in [0, 0.05) is 22.9 Å². The van der Waals surface area contributed by atoms with Gasteiger partial charge in [0.2, 0.25) is 0 Å². The molecule has 0 aliphatic heterocycles. The molecule has 1 heterocycles. The minimum absolute atomic E-state index is 0.163. The van der Waals surface area contributed by atoms with Crippen LogP contribution < -0.4 is 5.32 Å². The van der Waals surface area contributed by atoms with Crippen LogP contribution in [-0.2, 0) is 6.42 Å². The summed E-state index contributed by atoms with van der Waals surface area (Å²) >= 11 is 1.86. The lowest BCUT2D eigenvalue weighted by atomic mass is 9.90. The number of rotatable bonds is 5. The second-order valence-electron chi connectivity index (χ2n) is 6.47. The van der Waals surface area contributed by atoms with Crippen molar-refractivity contribution in [1.82, 2.24) is 5.32 Å². The third-order valence-electron chi connectivity index (χ3n) is 3.53. The van der Waals surface area contributed by atoms with Crippen molar-refractivity contribution in [2.75, 3.05) is 6.54 Å². The first-order chi connectivity index (χ1) is 9.46. The zero-order chi connectivity index (χ0) is 14.6. The summed E-state index contributed by atoms with van der Waals surface area (Å²) in [6.07, 6.45) is 1.12. The SMILES string of the molecule is Cc1ccccc1C(CNC(C)(C)C)Cc1cccs1. The summed E-state index contributed by atoms with van der Waals surface area (Å²) < 4.78 is 0. The molecule has 0 radical (unpaired) electrons. The van der Waals surface area contributed by atoms with Gasteiger partial charge in [-0.15, -0.1) is 11.3 Å². The van der Waals surface area contributed by atoms with E-state index in [1.165, 1.54) is 16.0 Å². The maximum Gasteiger partial charge on any atom is 0.00967 e. The summed E-state index contributed by atoms with van der Waals surface area (Å²) in [6, 6.07) is 13.2. The van der Waals surface area contributed by atoms with E-state index < -0.39 is 0 Å². The molecule has 0 amide bonds. The van der Waals surface area contributed by atoms with Crippen molar-refractivity contribution in [3.05, 3.63) is 57.8 Å². The molecule has 0 aliphatic rings. The van der Waals surface area contributed by atoms with Crippen LogP contribution in [0.3, 0.4) is 0 Å². The van der Waals surface area contributed by atoms with Gasteiger partial charge >= 0.3 is 0 Å². The lowest BCUT2D eigenvalue weighted by Crippen LogP contribution is -2.39. The Morgan fingerprint density at radius 2 is 1.85 bits per heavy atom. The van der Waals surface area contributed by atoms with Crippen molar-refractivity contribution in [3.63, 3.8) is 0 Å². The van der Waals surface area contributed by atoms with Gasteiger partial charge in [0.25, 0.3) is 0 Å². The Morgan fingerprint density at radius 3 is 2.45 bits per heavy atom. The first-order valence-corrected chi connectivity index (χ1v) is 8.16. The first-order valence-electron chi connectivity index (χ1n) is 7.28. The van der Waals surface area contributed by atoms with Gasteiger partial charge in [-0.3, -0.25) is 0 Å². The van der Waals surface area contributed by atoms with E-state index >= 15 is 0 Å². The monoisotopic (exact) mass is 287 g/mol. The number of thiophene rings is 1. The molecule has 0 fully saturated rings. The molecule has 1 unspecified atom stereocenters. The first kappa shape index (κ1) is 15.3. The number of nitrogens with one attached hydrogen (secondary N) is 1. The zero-order valence-corrected chi connectivity index (χ0v) is 13.8. The molecule has 108 valence electrons. The van der Waals surface area contributed by atoms with Crippen molar-refractivity contribution < 1.29 is 0 Å². The molecule has 0 spiro atoms. The molecule has 2 heteroatoms. The molecule has 2 rings (SSSR count). The Kier molecular flexibility index (Phi) is 5.00. The summed E-state index contributed by atoms with van der Waals surface area (Å²) in [5.41, 5.74) is 3.03. The average Bonchev–Trinajstić information content (AvgIpc) is 2.87. The minimum Gasteiger partial charge on any atom is -0.311 e. The van der Waals surface area contributed by atoms with E-state index in [9.17, 15) is 0 Å². The van der Waals surface area contributed by atoms with Gasteiger partial charge in [0.1, 0.15) is 0 Å². The molecule has 1 N–H and O–H groups in total. The zero-order valence-electron chi connectivity index (χ0n) is 12.9. The Hall–Kier alpha value is -1.12. The quantitative estimate of drug-likeness (QED) is 0.835. The van der Waals surface area contributed by atoms with Crippen LogP contribution in [0.1, 0.15) is 42.7 Å². The van der Waals surface area contributed by atoms with Crippen molar-refractivity contribution in [2.24, 2.45) is 0 Å². The lowest BCUT2D eigenvalue weighted by molar-refractivity contribution is 0.405. The van der Waals surface area contributed by atoms with Crippen LogP contribution in [0, 0.1) is 6.92 Å². The topological polar surface area (TPSA) is 12.0 Å². The summed E-state index contributed by atoms with van der Waals surface area (Å²) in [7, 11) is 0. The predicted molar refractivity (Wildman–Crippen MR) is 89.7 cm³/mol. The van der Waals surface area contributed by atoms with Gasteiger partial charge in [-0.25, -0.2) is 0 Å². The number of hydrogen-bond donors (Lipinski definition) is 1. The molecular weight excluding hydrogens is 262 g/mol. The van der Waals surface area contributed by atoms with Gasteiger partial charge < -0.3 is 5.32 Å². The van der Waals surface area contributed by atoms with E-state index in [-0.39, 0.29) is 5.54 Å². The normalized spacial score (nSPS) is 13.4. The average molecular weight is 287 g/mol. The van der Waals surface area contributed by atoms with Gasteiger partial charge in [-0.1, -0.05) is 30.3 Å². The van der Waals surface area contributed by atoms with Crippen molar-refractivity contribution in [1.29, 1.82) is 0 Å². The summed E-state index contributed by atoms with van der Waals surface area (Å²) in [6.45, 7) is 9.92.